The maximum absolute atomic E-state index is 11.8. The number of aromatic nitrogens is 1. The van der Waals surface area contributed by atoms with Crippen molar-refractivity contribution in [3.8, 4) is 5.75 Å². The second-order valence-corrected chi connectivity index (χ2v) is 6.59. The SMILES string of the molecule is CCOC(=O)c1ccc(N2CCCN(Cc3ccc(OC)cc3)CC2)nc1. The molecule has 2 heterocycles. The lowest BCUT2D eigenvalue weighted by atomic mass is 10.2. The maximum Gasteiger partial charge on any atom is 0.339 e. The van der Waals surface area contributed by atoms with E-state index in [0.717, 1.165) is 50.7 Å². The highest BCUT2D eigenvalue weighted by atomic mass is 16.5. The van der Waals surface area contributed by atoms with E-state index in [0.29, 0.717) is 12.2 Å². The summed E-state index contributed by atoms with van der Waals surface area (Å²) in [6.45, 7) is 7.03. The summed E-state index contributed by atoms with van der Waals surface area (Å²) in [5.41, 5.74) is 1.79. The minimum absolute atomic E-state index is 0.321. The molecule has 1 aliphatic heterocycles. The number of carbonyl (C=O) groups excluding carboxylic acids is 1. The highest BCUT2D eigenvalue weighted by Gasteiger charge is 2.17. The smallest absolute Gasteiger partial charge is 0.339 e. The van der Waals surface area contributed by atoms with Crippen molar-refractivity contribution in [3.05, 3.63) is 53.7 Å². The van der Waals surface area contributed by atoms with Gasteiger partial charge < -0.3 is 14.4 Å². The summed E-state index contributed by atoms with van der Waals surface area (Å²) in [5, 5.41) is 0. The number of methoxy groups -OCH3 is 1. The van der Waals surface area contributed by atoms with Crippen LogP contribution in [0, 0.1) is 0 Å². The molecule has 0 unspecified atom stereocenters. The number of esters is 1. The number of rotatable bonds is 6. The molecule has 6 nitrogen and oxygen atoms in total. The Kier molecular flexibility index (Phi) is 6.65. The second kappa shape index (κ2) is 9.37. The molecule has 1 aromatic heterocycles. The molecular formula is C21H27N3O3. The van der Waals surface area contributed by atoms with Crippen LogP contribution in [0.15, 0.2) is 42.6 Å². The summed E-state index contributed by atoms with van der Waals surface area (Å²) >= 11 is 0. The third-order valence-electron chi connectivity index (χ3n) is 4.74. The number of nitrogens with zero attached hydrogens (tertiary/aromatic N) is 3. The van der Waals surface area contributed by atoms with Crippen LogP contribution in [0.1, 0.15) is 29.3 Å². The monoisotopic (exact) mass is 369 g/mol. The molecule has 1 saturated heterocycles. The van der Waals surface area contributed by atoms with E-state index in [1.807, 2.05) is 18.2 Å². The van der Waals surface area contributed by atoms with E-state index < -0.39 is 0 Å². The molecule has 1 aromatic carbocycles. The van der Waals surface area contributed by atoms with Crippen molar-refractivity contribution in [2.75, 3.05) is 44.8 Å². The summed E-state index contributed by atoms with van der Waals surface area (Å²) in [6, 6.07) is 12.0. The zero-order valence-electron chi connectivity index (χ0n) is 16.1. The largest absolute Gasteiger partial charge is 0.497 e. The van der Waals surface area contributed by atoms with Crippen LogP contribution in [0.25, 0.3) is 0 Å². The number of hydrogen-bond acceptors (Lipinski definition) is 6. The van der Waals surface area contributed by atoms with Gasteiger partial charge in [0, 0.05) is 38.9 Å². The van der Waals surface area contributed by atoms with Crippen LogP contribution in [-0.2, 0) is 11.3 Å². The lowest BCUT2D eigenvalue weighted by Gasteiger charge is -2.23. The molecule has 0 atom stereocenters. The molecule has 0 saturated carbocycles. The number of ether oxygens (including phenoxy) is 2. The molecule has 0 N–H and O–H groups in total. The number of anilines is 1. The van der Waals surface area contributed by atoms with Crippen molar-refractivity contribution in [1.29, 1.82) is 0 Å². The van der Waals surface area contributed by atoms with Crippen LogP contribution in [0.2, 0.25) is 0 Å². The van der Waals surface area contributed by atoms with E-state index in [2.05, 4.69) is 26.9 Å². The Morgan fingerprint density at radius 2 is 1.89 bits per heavy atom. The predicted octanol–water partition coefficient (Wildman–Crippen LogP) is 2.98. The number of pyridine rings is 1. The fourth-order valence-electron chi connectivity index (χ4n) is 3.26. The van der Waals surface area contributed by atoms with Crippen LogP contribution in [0.4, 0.5) is 5.82 Å². The van der Waals surface area contributed by atoms with Gasteiger partial charge >= 0.3 is 5.97 Å². The predicted molar refractivity (Wildman–Crippen MR) is 105 cm³/mol. The van der Waals surface area contributed by atoms with Gasteiger partial charge in [-0.15, -0.1) is 0 Å². The van der Waals surface area contributed by atoms with E-state index in [1.54, 1.807) is 26.3 Å². The molecule has 6 heteroatoms. The van der Waals surface area contributed by atoms with Gasteiger partial charge in [-0.25, -0.2) is 9.78 Å². The molecule has 0 aliphatic carbocycles. The summed E-state index contributed by atoms with van der Waals surface area (Å²) in [5.74, 6) is 1.48. The summed E-state index contributed by atoms with van der Waals surface area (Å²) in [6.07, 6.45) is 2.69. The maximum atomic E-state index is 11.8. The Balaban J connectivity index is 1.56. The zero-order chi connectivity index (χ0) is 19.1. The van der Waals surface area contributed by atoms with Crippen LogP contribution in [-0.4, -0.2) is 55.7 Å². The summed E-state index contributed by atoms with van der Waals surface area (Å²) in [4.78, 5) is 21.0. The first-order valence-corrected chi connectivity index (χ1v) is 9.43. The number of hydrogen-bond donors (Lipinski definition) is 0. The fraction of sp³-hybridized carbons (Fsp3) is 0.429. The van der Waals surface area contributed by atoms with Crippen molar-refractivity contribution in [3.63, 3.8) is 0 Å². The van der Waals surface area contributed by atoms with Crippen LogP contribution in [0.3, 0.4) is 0 Å². The standard InChI is InChI=1S/C21H27N3O3/c1-3-27-21(25)18-7-10-20(22-15-18)24-12-4-11-23(13-14-24)16-17-5-8-19(26-2)9-6-17/h5-10,15H,3-4,11-14,16H2,1-2H3. The molecule has 0 radical (unpaired) electrons. The normalized spacial score (nSPS) is 15.3. The topological polar surface area (TPSA) is 54.9 Å². The van der Waals surface area contributed by atoms with Crippen LogP contribution >= 0.6 is 0 Å². The Labute approximate surface area is 160 Å². The van der Waals surface area contributed by atoms with Gasteiger partial charge in [-0.3, -0.25) is 4.90 Å². The van der Waals surface area contributed by atoms with Gasteiger partial charge in [-0.05, 0) is 43.2 Å². The van der Waals surface area contributed by atoms with Gasteiger partial charge in [0.15, 0.2) is 0 Å². The Hall–Kier alpha value is -2.60. The average Bonchev–Trinajstić information content (AvgIpc) is 2.94. The number of benzene rings is 1. The third kappa shape index (κ3) is 5.20. The fourth-order valence-corrected chi connectivity index (χ4v) is 3.26. The van der Waals surface area contributed by atoms with E-state index in [4.69, 9.17) is 9.47 Å². The average molecular weight is 369 g/mol. The minimum Gasteiger partial charge on any atom is -0.497 e. The van der Waals surface area contributed by atoms with Gasteiger partial charge in [0.1, 0.15) is 11.6 Å². The highest BCUT2D eigenvalue weighted by Crippen LogP contribution is 2.17. The summed E-state index contributed by atoms with van der Waals surface area (Å²) in [7, 11) is 1.69. The van der Waals surface area contributed by atoms with Gasteiger partial charge in [0.05, 0.1) is 19.3 Å². The van der Waals surface area contributed by atoms with Crippen molar-refractivity contribution < 1.29 is 14.3 Å². The molecule has 0 bridgehead atoms. The van der Waals surface area contributed by atoms with Crippen molar-refractivity contribution in [2.45, 2.75) is 19.9 Å². The van der Waals surface area contributed by atoms with E-state index in [-0.39, 0.29) is 5.97 Å². The van der Waals surface area contributed by atoms with Crippen LogP contribution < -0.4 is 9.64 Å². The minimum atomic E-state index is -0.321. The Morgan fingerprint density at radius 1 is 1.07 bits per heavy atom. The van der Waals surface area contributed by atoms with Gasteiger partial charge in [-0.2, -0.15) is 0 Å². The van der Waals surface area contributed by atoms with Crippen molar-refractivity contribution in [1.82, 2.24) is 9.88 Å². The summed E-state index contributed by atoms with van der Waals surface area (Å²) < 4.78 is 10.2. The second-order valence-electron chi connectivity index (χ2n) is 6.59. The quantitative estimate of drug-likeness (QED) is 0.730. The first-order chi connectivity index (χ1) is 13.2. The molecular weight excluding hydrogens is 342 g/mol. The third-order valence-corrected chi connectivity index (χ3v) is 4.74. The van der Waals surface area contributed by atoms with E-state index >= 15 is 0 Å². The van der Waals surface area contributed by atoms with Crippen molar-refractivity contribution >= 4 is 11.8 Å². The van der Waals surface area contributed by atoms with Crippen molar-refractivity contribution in [2.24, 2.45) is 0 Å². The first-order valence-electron chi connectivity index (χ1n) is 9.43. The van der Waals surface area contributed by atoms with Gasteiger partial charge in [-0.1, -0.05) is 12.1 Å². The lowest BCUT2D eigenvalue weighted by Crippen LogP contribution is -2.31. The molecule has 0 amide bonds. The van der Waals surface area contributed by atoms with Gasteiger partial charge in [0.2, 0.25) is 0 Å². The van der Waals surface area contributed by atoms with E-state index in [1.165, 1.54) is 5.56 Å². The molecule has 144 valence electrons. The molecule has 3 rings (SSSR count). The zero-order valence-corrected chi connectivity index (χ0v) is 16.1. The molecule has 0 spiro atoms. The lowest BCUT2D eigenvalue weighted by molar-refractivity contribution is 0.0526. The van der Waals surface area contributed by atoms with Crippen LogP contribution in [0.5, 0.6) is 5.75 Å². The molecule has 1 fully saturated rings. The Bertz CT molecular complexity index is 731. The van der Waals surface area contributed by atoms with E-state index in [9.17, 15) is 4.79 Å². The van der Waals surface area contributed by atoms with Gasteiger partial charge in [0.25, 0.3) is 0 Å². The molecule has 1 aliphatic rings. The highest BCUT2D eigenvalue weighted by molar-refractivity contribution is 5.89. The Morgan fingerprint density at radius 3 is 2.56 bits per heavy atom. The molecule has 27 heavy (non-hydrogen) atoms. The molecule has 2 aromatic rings. The first kappa shape index (κ1) is 19.2. The number of carbonyl (C=O) groups is 1.